The number of para-hydroxylation sites is 2. The van der Waals surface area contributed by atoms with Gasteiger partial charge in [-0.2, -0.15) is 0 Å². The fourth-order valence-corrected chi connectivity index (χ4v) is 2.89. The zero-order valence-electron chi connectivity index (χ0n) is 11.5. The SMILES string of the molecule is CN1CCN(Cc2ccc(Br)c(N)c2)c2ccccc21. The fourth-order valence-electron chi connectivity index (χ4n) is 2.64. The third-order valence-electron chi connectivity index (χ3n) is 3.77. The van der Waals surface area contributed by atoms with Gasteiger partial charge in [-0.1, -0.05) is 18.2 Å². The molecule has 1 heterocycles. The Balaban J connectivity index is 1.88. The summed E-state index contributed by atoms with van der Waals surface area (Å²) in [4.78, 5) is 4.72. The third-order valence-corrected chi connectivity index (χ3v) is 4.50. The Kier molecular flexibility index (Phi) is 3.57. The minimum absolute atomic E-state index is 0.796. The van der Waals surface area contributed by atoms with Gasteiger partial charge in [-0.15, -0.1) is 0 Å². The van der Waals surface area contributed by atoms with Crippen LogP contribution < -0.4 is 15.5 Å². The van der Waals surface area contributed by atoms with Crippen LogP contribution in [0.2, 0.25) is 0 Å². The lowest BCUT2D eigenvalue weighted by atomic mass is 10.1. The van der Waals surface area contributed by atoms with Gasteiger partial charge >= 0.3 is 0 Å². The first-order valence-electron chi connectivity index (χ1n) is 6.74. The van der Waals surface area contributed by atoms with Crippen LogP contribution in [0.3, 0.4) is 0 Å². The molecular weight excluding hydrogens is 314 g/mol. The van der Waals surface area contributed by atoms with Crippen LogP contribution in [-0.4, -0.2) is 20.1 Å². The molecule has 104 valence electrons. The van der Waals surface area contributed by atoms with Crippen LogP contribution in [0.5, 0.6) is 0 Å². The Morgan fingerprint density at radius 3 is 2.60 bits per heavy atom. The molecule has 0 saturated heterocycles. The lowest BCUT2D eigenvalue weighted by Crippen LogP contribution is -2.38. The standard InChI is InChI=1S/C16H18BrN3/c1-19-8-9-20(16-5-3-2-4-15(16)19)11-12-6-7-13(17)14(18)10-12/h2-7,10H,8-9,11,18H2,1H3. The molecule has 0 saturated carbocycles. The second-order valence-electron chi connectivity index (χ2n) is 5.19. The average molecular weight is 332 g/mol. The maximum Gasteiger partial charge on any atom is 0.0607 e. The number of anilines is 3. The molecule has 0 unspecified atom stereocenters. The summed E-state index contributed by atoms with van der Waals surface area (Å²) in [6.45, 7) is 2.97. The molecule has 0 atom stereocenters. The summed E-state index contributed by atoms with van der Waals surface area (Å²) >= 11 is 3.44. The minimum Gasteiger partial charge on any atom is -0.398 e. The van der Waals surface area contributed by atoms with Crippen molar-refractivity contribution in [2.75, 3.05) is 35.7 Å². The largest absolute Gasteiger partial charge is 0.398 e. The number of nitrogens with two attached hydrogens (primary N) is 1. The van der Waals surface area contributed by atoms with E-state index in [-0.39, 0.29) is 0 Å². The Morgan fingerprint density at radius 2 is 1.85 bits per heavy atom. The maximum atomic E-state index is 5.97. The summed E-state index contributed by atoms with van der Waals surface area (Å²) in [5, 5.41) is 0. The first-order valence-corrected chi connectivity index (χ1v) is 7.53. The van der Waals surface area contributed by atoms with Crippen LogP contribution in [0.15, 0.2) is 46.9 Å². The number of likely N-dealkylation sites (N-methyl/N-ethyl adjacent to an activating group) is 1. The summed E-state index contributed by atoms with van der Waals surface area (Å²) in [5.74, 6) is 0. The molecule has 0 bridgehead atoms. The molecule has 0 aromatic heterocycles. The van der Waals surface area contributed by atoms with E-state index < -0.39 is 0 Å². The van der Waals surface area contributed by atoms with Crippen molar-refractivity contribution in [2.24, 2.45) is 0 Å². The maximum absolute atomic E-state index is 5.97. The smallest absolute Gasteiger partial charge is 0.0607 e. The van der Waals surface area contributed by atoms with Gasteiger partial charge in [0.05, 0.1) is 11.4 Å². The number of fused-ring (bicyclic) bond motifs is 1. The lowest BCUT2D eigenvalue weighted by Gasteiger charge is -2.37. The first kappa shape index (κ1) is 13.3. The van der Waals surface area contributed by atoms with Crippen molar-refractivity contribution in [3.05, 3.63) is 52.5 Å². The number of hydrogen-bond acceptors (Lipinski definition) is 3. The van der Waals surface area contributed by atoms with E-state index in [1.54, 1.807) is 0 Å². The van der Waals surface area contributed by atoms with Crippen molar-refractivity contribution in [1.29, 1.82) is 0 Å². The highest BCUT2D eigenvalue weighted by Crippen LogP contribution is 2.33. The number of hydrogen-bond donors (Lipinski definition) is 1. The van der Waals surface area contributed by atoms with Crippen LogP contribution in [0.4, 0.5) is 17.1 Å². The van der Waals surface area contributed by atoms with Crippen LogP contribution in [-0.2, 0) is 6.54 Å². The monoisotopic (exact) mass is 331 g/mol. The van der Waals surface area contributed by atoms with Crippen LogP contribution in [0.25, 0.3) is 0 Å². The van der Waals surface area contributed by atoms with Crippen LogP contribution in [0, 0.1) is 0 Å². The van der Waals surface area contributed by atoms with E-state index in [2.05, 4.69) is 63.1 Å². The Morgan fingerprint density at radius 1 is 1.10 bits per heavy atom. The van der Waals surface area contributed by atoms with Crippen LogP contribution in [0.1, 0.15) is 5.56 Å². The van der Waals surface area contributed by atoms with Gasteiger partial charge in [-0.05, 0) is 45.8 Å². The van der Waals surface area contributed by atoms with Gasteiger partial charge in [0, 0.05) is 36.8 Å². The van der Waals surface area contributed by atoms with Gasteiger partial charge in [-0.25, -0.2) is 0 Å². The Bertz CT molecular complexity index is 627. The normalized spacial score (nSPS) is 14.3. The number of halogens is 1. The van der Waals surface area contributed by atoms with Crippen molar-refractivity contribution < 1.29 is 0 Å². The molecule has 4 heteroatoms. The average Bonchev–Trinajstić information content (AvgIpc) is 2.46. The first-order chi connectivity index (χ1) is 9.65. The molecule has 0 aliphatic carbocycles. The number of nitrogen functional groups attached to an aromatic ring is 1. The van der Waals surface area contributed by atoms with E-state index in [1.165, 1.54) is 16.9 Å². The molecule has 1 aliphatic rings. The molecule has 0 radical (unpaired) electrons. The number of benzene rings is 2. The van der Waals surface area contributed by atoms with Gasteiger partial charge in [0.2, 0.25) is 0 Å². The zero-order chi connectivity index (χ0) is 14.1. The van der Waals surface area contributed by atoms with Gasteiger partial charge < -0.3 is 15.5 Å². The predicted octanol–water partition coefficient (Wildman–Crippen LogP) is 3.49. The molecule has 0 fully saturated rings. The highest BCUT2D eigenvalue weighted by molar-refractivity contribution is 9.10. The van der Waals surface area contributed by atoms with E-state index in [1.807, 2.05) is 12.1 Å². The fraction of sp³-hybridized carbons (Fsp3) is 0.250. The lowest BCUT2D eigenvalue weighted by molar-refractivity contribution is 0.735. The molecule has 3 rings (SSSR count). The van der Waals surface area contributed by atoms with E-state index >= 15 is 0 Å². The van der Waals surface area contributed by atoms with Gasteiger partial charge in [0.25, 0.3) is 0 Å². The third kappa shape index (κ3) is 2.48. The molecule has 2 aromatic carbocycles. The Labute approximate surface area is 128 Å². The van der Waals surface area contributed by atoms with E-state index in [4.69, 9.17) is 5.73 Å². The quantitative estimate of drug-likeness (QED) is 0.855. The van der Waals surface area contributed by atoms with Crippen LogP contribution >= 0.6 is 15.9 Å². The summed E-state index contributed by atoms with van der Waals surface area (Å²) < 4.78 is 0.958. The topological polar surface area (TPSA) is 32.5 Å². The molecule has 2 aromatic rings. The number of rotatable bonds is 2. The highest BCUT2D eigenvalue weighted by atomic mass is 79.9. The van der Waals surface area contributed by atoms with Crippen molar-refractivity contribution in [2.45, 2.75) is 6.54 Å². The Hall–Kier alpha value is -1.68. The molecule has 0 amide bonds. The van der Waals surface area contributed by atoms with E-state index in [9.17, 15) is 0 Å². The summed E-state index contributed by atoms with van der Waals surface area (Å²) in [6.07, 6.45) is 0. The molecule has 3 nitrogen and oxygen atoms in total. The van der Waals surface area contributed by atoms with Crippen molar-refractivity contribution >= 4 is 33.0 Å². The molecule has 20 heavy (non-hydrogen) atoms. The molecule has 2 N–H and O–H groups in total. The molecular formula is C16H18BrN3. The van der Waals surface area contributed by atoms with E-state index in [0.717, 1.165) is 29.8 Å². The summed E-state index contributed by atoms with van der Waals surface area (Å²) in [6, 6.07) is 14.8. The number of nitrogens with zero attached hydrogens (tertiary/aromatic N) is 2. The highest BCUT2D eigenvalue weighted by Gasteiger charge is 2.19. The van der Waals surface area contributed by atoms with Gasteiger partial charge in [0.15, 0.2) is 0 Å². The minimum atomic E-state index is 0.796. The second-order valence-corrected chi connectivity index (χ2v) is 6.04. The summed E-state index contributed by atoms with van der Waals surface area (Å²) in [7, 11) is 2.15. The van der Waals surface area contributed by atoms with E-state index in [0.29, 0.717) is 0 Å². The summed E-state index contributed by atoms with van der Waals surface area (Å²) in [5.41, 5.74) is 10.6. The zero-order valence-corrected chi connectivity index (χ0v) is 13.1. The van der Waals surface area contributed by atoms with Crippen molar-refractivity contribution in [1.82, 2.24) is 0 Å². The molecule has 0 spiro atoms. The second kappa shape index (κ2) is 5.37. The van der Waals surface area contributed by atoms with Gasteiger partial charge in [-0.3, -0.25) is 0 Å². The van der Waals surface area contributed by atoms with Gasteiger partial charge in [0.1, 0.15) is 0 Å². The predicted molar refractivity (Wildman–Crippen MR) is 89.3 cm³/mol. The molecule has 1 aliphatic heterocycles. The van der Waals surface area contributed by atoms with Crippen molar-refractivity contribution in [3.63, 3.8) is 0 Å². The van der Waals surface area contributed by atoms with Crippen molar-refractivity contribution in [3.8, 4) is 0 Å².